The molecular weight excluding hydrogens is 264 g/mol. The average Bonchev–Trinajstić information content (AvgIpc) is 2.84. The van der Waals surface area contributed by atoms with Gasteiger partial charge in [0, 0.05) is 31.1 Å². The molecule has 7 heteroatoms. The molecule has 106 valence electrons. The molecule has 1 aromatic heterocycles. The maximum atomic E-state index is 11.4. The third-order valence-corrected chi connectivity index (χ3v) is 4.12. The van der Waals surface area contributed by atoms with Crippen molar-refractivity contribution in [3.63, 3.8) is 0 Å². The zero-order valence-corrected chi connectivity index (χ0v) is 11.9. The van der Waals surface area contributed by atoms with Gasteiger partial charge in [-0.1, -0.05) is 12.8 Å². The molecule has 1 aliphatic carbocycles. The van der Waals surface area contributed by atoms with Gasteiger partial charge in [0.15, 0.2) is 0 Å². The number of primary amides is 1. The van der Waals surface area contributed by atoms with Crippen LogP contribution in [0.2, 0.25) is 0 Å². The van der Waals surface area contributed by atoms with Crippen molar-refractivity contribution in [2.45, 2.75) is 38.1 Å². The van der Waals surface area contributed by atoms with Crippen LogP contribution in [0.4, 0.5) is 5.13 Å². The molecule has 19 heavy (non-hydrogen) atoms. The summed E-state index contributed by atoms with van der Waals surface area (Å²) in [5, 5.41) is 4.08. The van der Waals surface area contributed by atoms with E-state index in [4.69, 9.17) is 10.5 Å². The fourth-order valence-electron chi connectivity index (χ4n) is 2.41. The number of carbonyl (C=O) groups excluding carboxylic acids is 1. The number of nitrogens with two attached hydrogens (primary N) is 1. The van der Waals surface area contributed by atoms with Gasteiger partial charge in [0.1, 0.15) is 5.82 Å². The molecule has 1 aliphatic rings. The van der Waals surface area contributed by atoms with Crippen LogP contribution >= 0.6 is 11.5 Å². The molecule has 1 heterocycles. The van der Waals surface area contributed by atoms with E-state index in [0.29, 0.717) is 13.0 Å². The predicted octanol–water partition coefficient (Wildman–Crippen LogP) is 1.18. The van der Waals surface area contributed by atoms with E-state index in [9.17, 15) is 4.79 Å². The SMILES string of the molecule is COCCc1nsc(NC2CCCCC2C(N)=O)n1. The lowest BCUT2D eigenvalue weighted by molar-refractivity contribution is -0.122. The summed E-state index contributed by atoms with van der Waals surface area (Å²) in [7, 11) is 1.66. The van der Waals surface area contributed by atoms with Crippen LogP contribution in [0, 0.1) is 5.92 Å². The van der Waals surface area contributed by atoms with Gasteiger partial charge in [0.2, 0.25) is 11.0 Å². The van der Waals surface area contributed by atoms with Crippen LogP contribution in [-0.4, -0.2) is 35.0 Å². The first-order chi connectivity index (χ1) is 9.20. The van der Waals surface area contributed by atoms with Gasteiger partial charge in [-0.3, -0.25) is 4.79 Å². The Morgan fingerprint density at radius 3 is 3.05 bits per heavy atom. The normalized spacial score (nSPS) is 23.2. The van der Waals surface area contributed by atoms with Crippen molar-refractivity contribution in [3.8, 4) is 0 Å². The van der Waals surface area contributed by atoms with E-state index in [-0.39, 0.29) is 17.9 Å². The van der Waals surface area contributed by atoms with Crippen LogP contribution in [-0.2, 0) is 16.0 Å². The number of methoxy groups -OCH3 is 1. The number of aromatic nitrogens is 2. The maximum absolute atomic E-state index is 11.4. The molecule has 2 atom stereocenters. The minimum absolute atomic E-state index is 0.0921. The molecule has 3 N–H and O–H groups in total. The van der Waals surface area contributed by atoms with Gasteiger partial charge < -0.3 is 15.8 Å². The molecule has 2 rings (SSSR count). The molecule has 6 nitrogen and oxygen atoms in total. The fourth-order valence-corrected chi connectivity index (χ4v) is 3.08. The summed E-state index contributed by atoms with van der Waals surface area (Å²) < 4.78 is 9.26. The van der Waals surface area contributed by atoms with Crippen molar-refractivity contribution >= 4 is 22.6 Å². The fraction of sp³-hybridized carbons (Fsp3) is 0.750. The molecule has 0 saturated heterocycles. The van der Waals surface area contributed by atoms with Crippen LogP contribution in [0.3, 0.4) is 0 Å². The number of hydrogen-bond donors (Lipinski definition) is 2. The largest absolute Gasteiger partial charge is 0.384 e. The zero-order chi connectivity index (χ0) is 13.7. The third-order valence-electron chi connectivity index (χ3n) is 3.44. The van der Waals surface area contributed by atoms with Crippen LogP contribution in [0.5, 0.6) is 0 Å². The number of carbonyl (C=O) groups is 1. The zero-order valence-electron chi connectivity index (χ0n) is 11.1. The summed E-state index contributed by atoms with van der Waals surface area (Å²) in [6, 6.07) is 0.0921. The van der Waals surface area contributed by atoms with E-state index in [0.717, 1.165) is 36.6 Å². The Kier molecular flexibility index (Phi) is 5.09. The van der Waals surface area contributed by atoms with Crippen LogP contribution < -0.4 is 11.1 Å². The van der Waals surface area contributed by atoms with E-state index < -0.39 is 0 Å². The molecule has 0 aliphatic heterocycles. The highest BCUT2D eigenvalue weighted by Crippen LogP contribution is 2.27. The van der Waals surface area contributed by atoms with Crippen molar-refractivity contribution < 1.29 is 9.53 Å². The van der Waals surface area contributed by atoms with Crippen LogP contribution in [0.15, 0.2) is 0 Å². The second-order valence-corrected chi connectivity index (χ2v) is 5.55. The smallest absolute Gasteiger partial charge is 0.222 e. The highest BCUT2D eigenvalue weighted by molar-refractivity contribution is 7.09. The molecule has 0 aromatic carbocycles. The molecule has 1 saturated carbocycles. The highest BCUT2D eigenvalue weighted by Gasteiger charge is 2.29. The Labute approximate surface area is 116 Å². The van der Waals surface area contributed by atoms with Gasteiger partial charge in [-0.2, -0.15) is 4.37 Å². The number of rotatable bonds is 6. The van der Waals surface area contributed by atoms with Crippen molar-refractivity contribution in [1.29, 1.82) is 0 Å². The van der Waals surface area contributed by atoms with E-state index in [1.165, 1.54) is 11.5 Å². The van der Waals surface area contributed by atoms with Gasteiger partial charge in [-0.25, -0.2) is 4.98 Å². The summed E-state index contributed by atoms with van der Waals surface area (Å²) in [6.45, 7) is 0.615. The lowest BCUT2D eigenvalue weighted by atomic mass is 9.84. The van der Waals surface area contributed by atoms with E-state index in [2.05, 4.69) is 14.7 Å². The Bertz CT molecular complexity index is 424. The van der Waals surface area contributed by atoms with Crippen molar-refractivity contribution in [1.82, 2.24) is 9.36 Å². The standard InChI is InChI=1S/C12H20N4O2S/c1-18-7-6-10-15-12(19-16-10)14-9-5-3-2-4-8(9)11(13)17/h8-9H,2-7H2,1H3,(H2,13,17)(H,14,15,16). The van der Waals surface area contributed by atoms with Crippen molar-refractivity contribution in [2.75, 3.05) is 19.0 Å². The molecule has 0 spiro atoms. The molecular formula is C12H20N4O2S. The van der Waals surface area contributed by atoms with E-state index in [1.54, 1.807) is 7.11 Å². The number of nitrogens with one attached hydrogen (secondary N) is 1. The van der Waals surface area contributed by atoms with Crippen LogP contribution in [0.1, 0.15) is 31.5 Å². The summed E-state index contributed by atoms with van der Waals surface area (Å²) in [5.74, 6) is 0.460. The first kappa shape index (κ1) is 14.2. The topological polar surface area (TPSA) is 90.1 Å². The number of nitrogens with zero attached hydrogens (tertiary/aromatic N) is 2. The molecule has 0 radical (unpaired) electrons. The molecule has 1 aromatic rings. The number of amides is 1. The lowest BCUT2D eigenvalue weighted by Crippen LogP contribution is -2.40. The molecule has 0 bridgehead atoms. The summed E-state index contributed by atoms with van der Waals surface area (Å²) >= 11 is 1.33. The Morgan fingerprint density at radius 1 is 1.53 bits per heavy atom. The quantitative estimate of drug-likeness (QED) is 0.818. The minimum atomic E-state index is -0.221. The van der Waals surface area contributed by atoms with Gasteiger partial charge in [-0.15, -0.1) is 0 Å². The van der Waals surface area contributed by atoms with Gasteiger partial charge in [0.25, 0.3) is 0 Å². The first-order valence-electron chi connectivity index (χ1n) is 6.58. The second kappa shape index (κ2) is 6.81. The van der Waals surface area contributed by atoms with E-state index in [1.807, 2.05) is 0 Å². The second-order valence-electron chi connectivity index (χ2n) is 4.80. The molecule has 1 fully saturated rings. The van der Waals surface area contributed by atoms with Gasteiger partial charge in [-0.05, 0) is 12.8 Å². The van der Waals surface area contributed by atoms with Gasteiger partial charge >= 0.3 is 0 Å². The summed E-state index contributed by atoms with van der Waals surface area (Å²) in [6.07, 6.45) is 4.72. The monoisotopic (exact) mass is 284 g/mol. The minimum Gasteiger partial charge on any atom is -0.384 e. The summed E-state index contributed by atoms with van der Waals surface area (Å²) in [4.78, 5) is 15.8. The Morgan fingerprint density at radius 2 is 2.32 bits per heavy atom. The Hall–Kier alpha value is -1.21. The van der Waals surface area contributed by atoms with Crippen LogP contribution in [0.25, 0.3) is 0 Å². The number of anilines is 1. The van der Waals surface area contributed by atoms with Crippen molar-refractivity contribution in [2.24, 2.45) is 11.7 Å². The highest BCUT2D eigenvalue weighted by atomic mass is 32.1. The van der Waals surface area contributed by atoms with Crippen molar-refractivity contribution in [3.05, 3.63) is 5.82 Å². The summed E-state index contributed by atoms with van der Waals surface area (Å²) in [5.41, 5.74) is 5.45. The number of hydrogen-bond acceptors (Lipinski definition) is 6. The first-order valence-corrected chi connectivity index (χ1v) is 7.35. The van der Waals surface area contributed by atoms with Gasteiger partial charge in [0.05, 0.1) is 12.5 Å². The molecule has 2 unspecified atom stereocenters. The lowest BCUT2D eigenvalue weighted by Gasteiger charge is -2.29. The van der Waals surface area contributed by atoms with E-state index >= 15 is 0 Å². The number of ether oxygens (including phenoxy) is 1. The predicted molar refractivity (Wildman–Crippen MR) is 74.1 cm³/mol. The molecule has 1 amide bonds. The third kappa shape index (κ3) is 3.87. The Balaban J connectivity index is 1.94. The maximum Gasteiger partial charge on any atom is 0.222 e. The average molecular weight is 284 g/mol.